The Balaban J connectivity index is 1.86. The number of fused-ring (bicyclic) bond motifs is 1. The molecule has 2 atom stereocenters. The van der Waals surface area contributed by atoms with Crippen LogP contribution in [0.3, 0.4) is 0 Å². The first-order valence-corrected chi connectivity index (χ1v) is 8.72. The van der Waals surface area contributed by atoms with Crippen LogP contribution in [-0.2, 0) is 15.1 Å². The first-order chi connectivity index (χ1) is 13.0. The van der Waals surface area contributed by atoms with Crippen molar-refractivity contribution >= 4 is 16.9 Å². The van der Waals surface area contributed by atoms with Gasteiger partial charge in [-0.3, -0.25) is 0 Å². The second-order valence-corrected chi connectivity index (χ2v) is 6.26. The number of furan rings is 1. The maximum atomic E-state index is 11.6. The molecule has 0 aliphatic carbocycles. The highest BCUT2D eigenvalue weighted by Crippen LogP contribution is 2.32. The Labute approximate surface area is 157 Å². The molecule has 2 unspecified atom stereocenters. The molecule has 0 aliphatic rings. The Morgan fingerprint density at radius 3 is 2.63 bits per heavy atom. The molecule has 140 valence electrons. The summed E-state index contributed by atoms with van der Waals surface area (Å²) in [4.78, 5) is 11.6. The Bertz CT molecular complexity index is 941. The van der Waals surface area contributed by atoms with Crippen molar-refractivity contribution in [3.8, 4) is 5.75 Å². The molecular weight excluding hydrogens is 344 g/mol. The third kappa shape index (κ3) is 3.59. The minimum absolute atomic E-state index is 0.298. The lowest BCUT2D eigenvalue weighted by Gasteiger charge is -2.25. The molecule has 1 heterocycles. The molecular formula is C22H22O5. The second-order valence-electron chi connectivity index (χ2n) is 6.26. The van der Waals surface area contributed by atoms with E-state index in [1.807, 2.05) is 24.3 Å². The van der Waals surface area contributed by atoms with Crippen LogP contribution >= 0.6 is 0 Å². The summed E-state index contributed by atoms with van der Waals surface area (Å²) in [6, 6.07) is 14.6. The van der Waals surface area contributed by atoms with Crippen molar-refractivity contribution < 1.29 is 23.8 Å². The maximum Gasteiger partial charge on any atom is 0.340 e. The van der Waals surface area contributed by atoms with Crippen molar-refractivity contribution in [3.05, 3.63) is 78.6 Å². The highest BCUT2D eigenvalue weighted by molar-refractivity contribution is 5.81. The Morgan fingerprint density at radius 1 is 1.26 bits per heavy atom. The maximum absolute atomic E-state index is 11.6. The molecule has 2 aromatic carbocycles. The average molecular weight is 366 g/mol. The Morgan fingerprint density at radius 2 is 2.00 bits per heavy atom. The fourth-order valence-corrected chi connectivity index (χ4v) is 3.03. The highest BCUT2D eigenvalue weighted by atomic mass is 16.5. The highest BCUT2D eigenvalue weighted by Gasteiger charge is 2.36. The van der Waals surface area contributed by atoms with Crippen LogP contribution in [0.5, 0.6) is 5.75 Å². The third-order valence-corrected chi connectivity index (χ3v) is 4.54. The molecule has 3 aromatic rings. The fraction of sp³-hybridized carbons (Fsp3) is 0.227. The molecule has 0 spiro atoms. The van der Waals surface area contributed by atoms with Gasteiger partial charge in [0, 0.05) is 17.6 Å². The van der Waals surface area contributed by atoms with Crippen LogP contribution in [-0.4, -0.2) is 17.7 Å². The van der Waals surface area contributed by atoms with Crippen molar-refractivity contribution in [2.45, 2.75) is 25.6 Å². The lowest BCUT2D eigenvalue weighted by atomic mass is 9.96. The summed E-state index contributed by atoms with van der Waals surface area (Å²) in [6.07, 6.45) is 2.94. The number of carboxylic acid groups (broad SMARTS) is 1. The zero-order chi connectivity index (χ0) is 19.4. The predicted molar refractivity (Wildman–Crippen MR) is 103 cm³/mol. The number of hydrogen-bond acceptors (Lipinski definition) is 4. The molecule has 0 amide bonds. The number of carboxylic acids is 1. The molecule has 0 aliphatic heterocycles. The number of carbonyl (C=O) groups is 1. The lowest BCUT2D eigenvalue weighted by Crippen LogP contribution is -2.35. The topological polar surface area (TPSA) is 68.9 Å². The molecule has 27 heavy (non-hydrogen) atoms. The van der Waals surface area contributed by atoms with Crippen LogP contribution in [0.15, 0.2) is 71.9 Å². The van der Waals surface area contributed by atoms with E-state index >= 15 is 0 Å². The van der Waals surface area contributed by atoms with Gasteiger partial charge in [0.05, 0.1) is 6.26 Å². The van der Waals surface area contributed by atoms with Crippen LogP contribution < -0.4 is 4.74 Å². The number of benzene rings is 2. The van der Waals surface area contributed by atoms with Crippen molar-refractivity contribution in [2.24, 2.45) is 0 Å². The van der Waals surface area contributed by atoms with Crippen LogP contribution in [0.4, 0.5) is 0 Å². The molecule has 1 N–H and O–H groups in total. The monoisotopic (exact) mass is 366 g/mol. The van der Waals surface area contributed by atoms with E-state index in [1.165, 1.54) is 0 Å². The number of hydrogen-bond donors (Lipinski definition) is 1. The molecule has 0 fully saturated rings. The average Bonchev–Trinajstić information content (AvgIpc) is 3.15. The van der Waals surface area contributed by atoms with Gasteiger partial charge in [-0.05, 0) is 43.7 Å². The summed E-state index contributed by atoms with van der Waals surface area (Å²) in [7, 11) is 0. The van der Waals surface area contributed by atoms with Gasteiger partial charge in [0.25, 0.3) is 0 Å². The summed E-state index contributed by atoms with van der Waals surface area (Å²) < 4.78 is 17.1. The molecule has 0 bridgehead atoms. The summed E-state index contributed by atoms with van der Waals surface area (Å²) in [5, 5.41) is 10.5. The normalized spacial score (nSPS) is 14.4. The third-order valence-electron chi connectivity index (χ3n) is 4.54. The zero-order valence-corrected chi connectivity index (χ0v) is 15.3. The second kappa shape index (κ2) is 7.68. The molecule has 5 heteroatoms. The van der Waals surface area contributed by atoms with Gasteiger partial charge in [0.15, 0.2) is 5.60 Å². The first kappa shape index (κ1) is 18.7. The summed E-state index contributed by atoms with van der Waals surface area (Å²) in [6.45, 7) is 7.47. The molecule has 5 nitrogen and oxygen atoms in total. The fourth-order valence-electron chi connectivity index (χ4n) is 3.03. The van der Waals surface area contributed by atoms with Crippen LogP contribution in [0.2, 0.25) is 0 Å². The number of para-hydroxylation sites is 1. The van der Waals surface area contributed by atoms with Gasteiger partial charge in [-0.25, -0.2) is 4.79 Å². The zero-order valence-electron chi connectivity index (χ0n) is 15.3. The van der Waals surface area contributed by atoms with E-state index < -0.39 is 17.7 Å². The van der Waals surface area contributed by atoms with E-state index in [9.17, 15) is 9.90 Å². The number of aliphatic carboxylic acids is 1. The van der Waals surface area contributed by atoms with Gasteiger partial charge < -0.3 is 19.0 Å². The summed E-state index contributed by atoms with van der Waals surface area (Å²) in [5.41, 5.74) is 0.785. The SMILES string of the molecule is C=CC(Oc1ccc(C(C)(OCC)C(=O)O)cc1)c1cccc2ccoc12. The number of rotatable bonds is 8. The smallest absolute Gasteiger partial charge is 0.340 e. The molecule has 3 rings (SSSR count). The van der Waals surface area contributed by atoms with Crippen molar-refractivity contribution in [1.82, 2.24) is 0 Å². The van der Waals surface area contributed by atoms with Crippen molar-refractivity contribution in [3.63, 3.8) is 0 Å². The van der Waals surface area contributed by atoms with E-state index in [2.05, 4.69) is 6.58 Å². The van der Waals surface area contributed by atoms with E-state index in [1.54, 1.807) is 50.5 Å². The Kier molecular flexibility index (Phi) is 5.33. The minimum Gasteiger partial charge on any atom is -0.481 e. The molecule has 0 saturated carbocycles. The van der Waals surface area contributed by atoms with Crippen LogP contribution in [0, 0.1) is 0 Å². The first-order valence-electron chi connectivity index (χ1n) is 8.72. The van der Waals surface area contributed by atoms with Gasteiger partial charge in [-0.15, -0.1) is 0 Å². The largest absolute Gasteiger partial charge is 0.481 e. The van der Waals surface area contributed by atoms with Gasteiger partial charge in [0.2, 0.25) is 0 Å². The number of ether oxygens (including phenoxy) is 2. The quantitative estimate of drug-likeness (QED) is 0.563. The van der Waals surface area contributed by atoms with Crippen LogP contribution in [0.25, 0.3) is 11.0 Å². The van der Waals surface area contributed by atoms with Gasteiger partial charge in [-0.1, -0.05) is 36.9 Å². The summed E-state index contributed by atoms with van der Waals surface area (Å²) >= 11 is 0. The summed E-state index contributed by atoms with van der Waals surface area (Å²) in [5.74, 6) is -0.442. The van der Waals surface area contributed by atoms with E-state index in [0.717, 1.165) is 16.5 Å². The standard InChI is InChI=1S/C22H22O5/c1-4-19(18-8-6-7-15-13-14-25-20(15)18)27-17-11-9-16(10-12-17)22(3,21(23)24)26-5-2/h4,6-14,19H,1,5H2,2-3H3,(H,23,24). The Hall–Kier alpha value is -3.05. The van der Waals surface area contributed by atoms with Crippen LogP contribution in [0.1, 0.15) is 31.1 Å². The molecule has 1 aromatic heterocycles. The lowest BCUT2D eigenvalue weighted by molar-refractivity contribution is -0.164. The van der Waals surface area contributed by atoms with E-state index in [0.29, 0.717) is 17.9 Å². The van der Waals surface area contributed by atoms with E-state index in [4.69, 9.17) is 13.9 Å². The minimum atomic E-state index is -1.40. The molecule has 0 saturated heterocycles. The predicted octanol–water partition coefficient (Wildman–Crippen LogP) is 5.08. The van der Waals surface area contributed by atoms with Gasteiger partial charge in [-0.2, -0.15) is 0 Å². The van der Waals surface area contributed by atoms with Gasteiger partial charge >= 0.3 is 5.97 Å². The van der Waals surface area contributed by atoms with E-state index in [-0.39, 0.29) is 0 Å². The van der Waals surface area contributed by atoms with Crippen molar-refractivity contribution in [1.29, 1.82) is 0 Å². The van der Waals surface area contributed by atoms with Gasteiger partial charge in [0.1, 0.15) is 17.4 Å². The van der Waals surface area contributed by atoms with Crippen molar-refractivity contribution in [2.75, 3.05) is 6.61 Å². The molecule has 0 radical (unpaired) electrons.